The van der Waals surface area contributed by atoms with Gasteiger partial charge in [-0.3, -0.25) is 0 Å². The van der Waals surface area contributed by atoms with E-state index in [9.17, 15) is 4.79 Å². The van der Waals surface area contributed by atoms with Gasteiger partial charge in [0.2, 0.25) is 0 Å². The monoisotopic (exact) mass is 214 g/mol. The molecular formula is C11H22N2O2. The molecule has 88 valence electrons. The Bertz CT molecular complexity index is 189. The summed E-state index contributed by atoms with van der Waals surface area (Å²) in [7, 11) is 0. The third-order valence-electron chi connectivity index (χ3n) is 2.88. The lowest BCUT2D eigenvalue weighted by Crippen LogP contribution is -2.39. The van der Waals surface area contributed by atoms with E-state index in [2.05, 4.69) is 0 Å². The molecule has 0 radical (unpaired) electrons. The van der Waals surface area contributed by atoms with Crippen LogP contribution < -0.4 is 5.73 Å². The second kappa shape index (κ2) is 6.67. The predicted molar refractivity (Wildman–Crippen MR) is 59.6 cm³/mol. The van der Waals surface area contributed by atoms with Gasteiger partial charge in [0.05, 0.1) is 6.61 Å². The molecule has 4 nitrogen and oxygen atoms in total. The quantitative estimate of drug-likeness (QED) is 0.773. The number of hydrogen-bond donors (Lipinski definition) is 1. The summed E-state index contributed by atoms with van der Waals surface area (Å²) < 4.78 is 5.09. The van der Waals surface area contributed by atoms with Crippen molar-refractivity contribution in [2.75, 3.05) is 26.2 Å². The van der Waals surface area contributed by atoms with Crippen LogP contribution in [-0.2, 0) is 4.74 Å². The highest BCUT2D eigenvalue weighted by atomic mass is 16.6. The highest BCUT2D eigenvalue weighted by Gasteiger charge is 2.22. The lowest BCUT2D eigenvalue weighted by molar-refractivity contribution is 0.0872. The highest BCUT2D eigenvalue weighted by Crippen LogP contribution is 2.20. The molecule has 15 heavy (non-hydrogen) atoms. The van der Waals surface area contributed by atoms with E-state index in [-0.39, 0.29) is 6.09 Å². The standard InChI is InChI=1S/C11H22N2O2/c1-2-9-15-11(14)13-7-4-10(3-6-12)5-8-13/h10H,2-9,12H2,1H3. The van der Waals surface area contributed by atoms with Gasteiger partial charge in [0.25, 0.3) is 0 Å². The van der Waals surface area contributed by atoms with Crippen LogP contribution in [0.2, 0.25) is 0 Å². The van der Waals surface area contributed by atoms with Gasteiger partial charge in [-0.15, -0.1) is 0 Å². The maximum absolute atomic E-state index is 11.5. The number of rotatable bonds is 4. The van der Waals surface area contributed by atoms with Gasteiger partial charge >= 0.3 is 6.09 Å². The molecule has 0 bridgehead atoms. The molecule has 0 saturated carbocycles. The Kier molecular flexibility index (Phi) is 5.47. The van der Waals surface area contributed by atoms with E-state index < -0.39 is 0 Å². The summed E-state index contributed by atoms with van der Waals surface area (Å²) in [6, 6.07) is 0. The molecular weight excluding hydrogens is 192 g/mol. The molecule has 0 unspecified atom stereocenters. The van der Waals surface area contributed by atoms with Crippen molar-refractivity contribution in [2.24, 2.45) is 11.7 Å². The van der Waals surface area contributed by atoms with Crippen molar-refractivity contribution in [3.8, 4) is 0 Å². The van der Waals surface area contributed by atoms with Crippen molar-refractivity contribution >= 4 is 6.09 Å². The van der Waals surface area contributed by atoms with Crippen LogP contribution in [0, 0.1) is 5.92 Å². The lowest BCUT2D eigenvalue weighted by atomic mass is 9.94. The minimum absolute atomic E-state index is 0.150. The molecule has 0 aromatic rings. The van der Waals surface area contributed by atoms with Crippen LogP contribution in [0.3, 0.4) is 0 Å². The summed E-state index contributed by atoms with van der Waals surface area (Å²) in [4.78, 5) is 13.3. The van der Waals surface area contributed by atoms with Gasteiger partial charge in [0.15, 0.2) is 0 Å². The van der Waals surface area contributed by atoms with Gasteiger partial charge in [-0.2, -0.15) is 0 Å². The zero-order chi connectivity index (χ0) is 11.1. The highest BCUT2D eigenvalue weighted by molar-refractivity contribution is 5.67. The van der Waals surface area contributed by atoms with Crippen LogP contribution in [0.1, 0.15) is 32.6 Å². The van der Waals surface area contributed by atoms with Gasteiger partial charge in [0, 0.05) is 13.1 Å². The third kappa shape index (κ3) is 4.08. The van der Waals surface area contributed by atoms with Crippen LogP contribution >= 0.6 is 0 Å². The number of nitrogens with zero attached hydrogens (tertiary/aromatic N) is 1. The molecule has 1 amide bonds. The SMILES string of the molecule is CCCOC(=O)N1CCC(CCN)CC1. The molecule has 2 N–H and O–H groups in total. The number of carbonyl (C=O) groups excluding carboxylic acids is 1. The van der Waals surface area contributed by atoms with E-state index in [1.807, 2.05) is 11.8 Å². The Morgan fingerprint density at radius 1 is 1.47 bits per heavy atom. The van der Waals surface area contributed by atoms with E-state index in [0.29, 0.717) is 12.5 Å². The van der Waals surface area contributed by atoms with Crippen LogP contribution in [0.15, 0.2) is 0 Å². The molecule has 0 aromatic heterocycles. The molecule has 0 aliphatic carbocycles. The number of hydrogen-bond acceptors (Lipinski definition) is 3. The smallest absolute Gasteiger partial charge is 0.409 e. The number of ether oxygens (including phenoxy) is 1. The van der Waals surface area contributed by atoms with E-state index >= 15 is 0 Å². The van der Waals surface area contributed by atoms with E-state index in [1.54, 1.807) is 0 Å². The first kappa shape index (κ1) is 12.3. The minimum Gasteiger partial charge on any atom is -0.449 e. The van der Waals surface area contributed by atoms with Gasteiger partial charge in [-0.1, -0.05) is 6.92 Å². The number of nitrogens with two attached hydrogens (primary N) is 1. The zero-order valence-corrected chi connectivity index (χ0v) is 9.58. The third-order valence-corrected chi connectivity index (χ3v) is 2.88. The summed E-state index contributed by atoms with van der Waals surface area (Å²) in [5, 5.41) is 0. The number of carbonyl (C=O) groups is 1. The van der Waals surface area contributed by atoms with E-state index in [4.69, 9.17) is 10.5 Å². The normalized spacial score (nSPS) is 17.9. The Labute approximate surface area is 91.8 Å². The maximum Gasteiger partial charge on any atom is 0.409 e. The average Bonchev–Trinajstić information content (AvgIpc) is 2.27. The van der Waals surface area contributed by atoms with Crippen molar-refractivity contribution in [3.63, 3.8) is 0 Å². The summed E-state index contributed by atoms with van der Waals surface area (Å²) in [5.74, 6) is 0.699. The molecule has 1 aliphatic heterocycles. The first-order chi connectivity index (χ1) is 7.27. The minimum atomic E-state index is -0.150. The van der Waals surface area contributed by atoms with Crippen LogP contribution in [0.5, 0.6) is 0 Å². The molecule has 0 spiro atoms. The van der Waals surface area contributed by atoms with Crippen LogP contribution in [0.25, 0.3) is 0 Å². The van der Waals surface area contributed by atoms with Gasteiger partial charge < -0.3 is 15.4 Å². The maximum atomic E-state index is 11.5. The molecule has 0 aromatic carbocycles. The van der Waals surface area contributed by atoms with Gasteiger partial charge in [-0.05, 0) is 38.1 Å². The largest absolute Gasteiger partial charge is 0.449 e. The Morgan fingerprint density at radius 2 is 2.13 bits per heavy atom. The fourth-order valence-corrected chi connectivity index (χ4v) is 1.92. The van der Waals surface area contributed by atoms with Gasteiger partial charge in [-0.25, -0.2) is 4.79 Å². The molecule has 0 atom stereocenters. The van der Waals surface area contributed by atoms with Crippen molar-refractivity contribution in [3.05, 3.63) is 0 Å². The lowest BCUT2D eigenvalue weighted by Gasteiger charge is -2.31. The van der Waals surface area contributed by atoms with Crippen molar-refractivity contribution in [1.29, 1.82) is 0 Å². The summed E-state index contributed by atoms with van der Waals surface area (Å²) in [6.45, 7) is 4.94. The summed E-state index contributed by atoms with van der Waals surface area (Å²) >= 11 is 0. The topological polar surface area (TPSA) is 55.6 Å². The van der Waals surface area contributed by atoms with Crippen molar-refractivity contribution in [1.82, 2.24) is 4.90 Å². The Hall–Kier alpha value is -0.770. The van der Waals surface area contributed by atoms with Crippen LogP contribution in [0.4, 0.5) is 4.79 Å². The summed E-state index contributed by atoms with van der Waals surface area (Å²) in [5.41, 5.74) is 5.51. The fourth-order valence-electron chi connectivity index (χ4n) is 1.92. The van der Waals surface area contributed by atoms with Gasteiger partial charge in [0.1, 0.15) is 0 Å². The van der Waals surface area contributed by atoms with Crippen molar-refractivity contribution < 1.29 is 9.53 Å². The molecule has 1 aliphatic rings. The average molecular weight is 214 g/mol. The van der Waals surface area contributed by atoms with Crippen molar-refractivity contribution in [2.45, 2.75) is 32.6 Å². The first-order valence-electron chi connectivity index (χ1n) is 5.89. The summed E-state index contributed by atoms with van der Waals surface area (Å²) in [6.07, 6.45) is 3.95. The van der Waals surface area contributed by atoms with Crippen LogP contribution in [-0.4, -0.2) is 37.2 Å². The molecule has 1 fully saturated rings. The second-order valence-electron chi connectivity index (χ2n) is 4.12. The van der Waals surface area contributed by atoms with E-state index in [1.165, 1.54) is 0 Å². The Balaban J connectivity index is 2.21. The zero-order valence-electron chi connectivity index (χ0n) is 9.58. The number of likely N-dealkylation sites (tertiary alicyclic amines) is 1. The first-order valence-corrected chi connectivity index (χ1v) is 5.89. The second-order valence-corrected chi connectivity index (χ2v) is 4.12. The Morgan fingerprint density at radius 3 is 2.67 bits per heavy atom. The molecule has 4 heteroatoms. The molecule has 1 saturated heterocycles. The number of piperidine rings is 1. The van der Waals surface area contributed by atoms with E-state index in [0.717, 1.165) is 45.3 Å². The fraction of sp³-hybridized carbons (Fsp3) is 0.909. The molecule has 1 heterocycles. The molecule has 1 rings (SSSR count). The predicted octanol–water partition coefficient (Wildman–Crippen LogP) is 1.59. The number of amides is 1.